The number of primary amides is 1. The first kappa shape index (κ1) is 19.3. The molecule has 0 spiro atoms. The summed E-state index contributed by atoms with van der Waals surface area (Å²) in [4.78, 5) is 23.0. The number of amides is 2. The Balaban J connectivity index is 2.35. The first-order valence-corrected chi connectivity index (χ1v) is 6.88. The number of benzene rings is 2. The van der Waals surface area contributed by atoms with Gasteiger partial charge in [-0.25, -0.2) is 0 Å². The number of nitrogens with one attached hydrogen (secondary N) is 1. The Morgan fingerprint density at radius 3 is 1.58 bits per heavy atom. The molecule has 0 heterocycles. The molecule has 0 saturated carbocycles. The van der Waals surface area contributed by atoms with E-state index in [1.165, 1.54) is 12.1 Å². The summed E-state index contributed by atoms with van der Waals surface area (Å²) in [6, 6.07) is 5.46. The topological polar surface area (TPSA) is 72.2 Å². The van der Waals surface area contributed by atoms with Crippen LogP contribution in [0.25, 0.3) is 0 Å². The predicted molar refractivity (Wildman–Crippen MR) is 79.4 cm³/mol. The molecule has 2 aromatic carbocycles. The number of rotatable bonds is 3. The Kier molecular flexibility index (Phi) is 4.97. The number of halogens is 6. The van der Waals surface area contributed by atoms with Crippen LogP contribution in [0.1, 0.15) is 31.8 Å². The van der Waals surface area contributed by atoms with Crippen LogP contribution in [0, 0.1) is 0 Å². The lowest BCUT2D eigenvalue weighted by molar-refractivity contribution is -0.143. The minimum Gasteiger partial charge on any atom is -0.366 e. The summed E-state index contributed by atoms with van der Waals surface area (Å²) in [7, 11) is 0. The Hall–Kier alpha value is -3.04. The predicted octanol–water partition coefficient (Wildman–Crippen LogP) is 4.08. The van der Waals surface area contributed by atoms with E-state index in [1.807, 2.05) is 5.32 Å². The second-order valence-corrected chi connectivity index (χ2v) is 5.19. The van der Waals surface area contributed by atoms with E-state index in [2.05, 4.69) is 0 Å². The zero-order chi connectivity index (χ0) is 19.7. The Morgan fingerprint density at radius 2 is 1.19 bits per heavy atom. The molecule has 0 unspecified atom stereocenters. The van der Waals surface area contributed by atoms with Gasteiger partial charge in [0.25, 0.3) is 5.91 Å². The second kappa shape index (κ2) is 6.70. The van der Waals surface area contributed by atoms with Crippen LogP contribution in [0.4, 0.5) is 32.0 Å². The van der Waals surface area contributed by atoms with Crippen molar-refractivity contribution in [2.24, 2.45) is 5.73 Å². The number of hydrogen-bond donors (Lipinski definition) is 2. The first-order valence-electron chi connectivity index (χ1n) is 6.88. The van der Waals surface area contributed by atoms with Crippen molar-refractivity contribution in [2.45, 2.75) is 12.4 Å². The maximum atomic E-state index is 12.8. The smallest absolute Gasteiger partial charge is 0.366 e. The van der Waals surface area contributed by atoms with Gasteiger partial charge in [-0.3, -0.25) is 9.59 Å². The van der Waals surface area contributed by atoms with E-state index >= 15 is 0 Å². The van der Waals surface area contributed by atoms with Crippen molar-refractivity contribution in [2.75, 3.05) is 5.32 Å². The van der Waals surface area contributed by atoms with E-state index in [4.69, 9.17) is 5.73 Å². The zero-order valence-corrected chi connectivity index (χ0v) is 12.7. The standard InChI is InChI=1S/C16H10F6N2O2/c17-15(18,19)10-5-11(16(20,21)22)7-12(6-10)24-14(26)9-3-1-8(2-4-9)13(23)25/h1-7H,(H2,23,25)(H,24,26). The van der Waals surface area contributed by atoms with Crippen molar-refractivity contribution in [3.05, 3.63) is 64.7 Å². The molecule has 3 N–H and O–H groups in total. The molecule has 0 aliphatic carbocycles. The van der Waals surface area contributed by atoms with E-state index in [0.717, 1.165) is 12.1 Å². The fraction of sp³-hybridized carbons (Fsp3) is 0.125. The molecular formula is C16H10F6N2O2. The molecule has 138 valence electrons. The third kappa shape index (κ3) is 4.52. The summed E-state index contributed by atoms with van der Waals surface area (Å²) < 4.78 is 76.8. The second-order valence-electron chi connectivity index (χ2n) is 5.19. The highest BCUT2D eigenvalue weighted by Crippen LogP contribution is 2.37. The van der Waals surface area contributed by atoms with Gasteiger partial charge >= 0.3 is 12.4 Å². The molecular weight excluding hydrogens is 366 g/mol. The van der Waals surface area contributed by atoms with Gasteiger partial charge in [-0.15, -0.1) is 0 Å². The van der Waals surface area contributed by atoms with Crippen LogP contribution in [0.15, 0.2) is 42.5 Å². The lowest BCUT2D eigenvalue weighted by Crippen LogP contribution is -2.16. The summed E-state index contributed by atoms with van der Waals surface area (Å²) in [5.41, 5.74) is 1.26. The molecule has 26 heavy (non-hydrogen) atoms. The summed E-state index contributed by atoms with van der Waals surface area (Å²) in [6.45, 7) is 0. The van der Waals surface area contributed by atoms with Crippen molar-refractivity contribution in [1.82, 2.24) is 0 Å². The summed E-state index contributed by atoms with van der Waals surface area (Å²) >= 11 is 0. The van der Waals surface area contributed by atoms with Gasteiger partial charge in [0, 0.05) is 16.8 Å². The van der Waals surface area contributed by atoms with Gasteiger partial charge in [0.2, 0.25) is 5.91 Å². The van der Waals surface area contributed by atoms with Crippen LogP contribution in [0.2, 0.25) is 0 Å². The number of carbonyl (C=O) groups excluding carboxylic acids is 2. The van der Waals surface area contributed by atoms with Crippen molar-refractivity contribution >= 4 is 17.5 Å². The molecule has 0 atom stereocenters. The number of alkyl halides is 6. The molecule has 2 rings (SSSR count). The Morgan fingerprint density at radius 1 is 0.769 bits per heavy atom. The highest BCUT2D eigenvalue weighted by atomic mass is 19.4. The molecule has 2 amide bonds. The molecule has 0 saturated heterocycles. The maximum absolute atomic E-state index is 12.8. The first-order chi connectivity index (χ1) is 11.9. The quantitative estimate of drug-likeness (QED) is 0.793. The maximum Gasteiger partial charge on any atom is 0.416 e. The van der Waals surface area contributed by atoms with Crippen molar-refractivity contribution in [1.29, 1.82) is 0 Å². The summed E-state index contributed by atoms with van der Waals surface area (Å²) in [5, 5.41) is 1.98. The van der Waals surface area contributed by atoms with Gasteiger partial charge in [-0.1, -0.05) is 0 Å². The zero-order valence-electron chi connectivity index (χ0n) is 12.7. The van der Waals surface area contributed by atoms with Gasteiger partial charge in [0.05, 0.1) is 11.1 Å². The molecule has 0 radical (unpaired) electrons. The molecule has 0 aliphatic rings. The van der Waals surface area contributed by atoms with E-state index in [9.17, 15) is 35.9 Å². The van der Waals surface area contributed by atoms with Crippen LogP contribution in [-0.4, -0.2) is 11.8 Å². The number of carbonyl (C=O) groups is 2. The fourth-order valence-corrected chi connectivity index (χ4v) is 2.02. The monoisotopic (exact) mass is 376 g/mol. The van der Waals surface area contributed by atoms with Gasteiger partial charge in [0.1, 0.15) is 0 Å². The van der Waals surface area contributed by atoms with Crippen LogP contribution >= 0.6 is 0 Å². The third-order valence-corrected chi connectivity index (χ3v) is 3.28. The Bertz CT molecular complexity index is 809. The van der Waals surface area contributed by atoms with E-state index in [1.54, 1.807) is 0 Å². The molecule has 4 nitrogen and oxygen atoms in total. The molecule has 0 fully saturated rings. The minimum absolute atomic E-state index is 0.0443. The van der Waals surface area contributed by atoms with Gasteiger partial charge in [-0.05, 0) is 42.5 Å². The van der Waals surface area contributed by atoms with Crippen LogP contribution in [-0.2, 0) is 12.4 Å². The fourth-order valence-electron chi connectivity index (χ4n) is 2.02. The number of anilines is 1. The highest BCUT2D eigenvalue weighted by Gasteiger charge is 2.37. The average molecular weight is 376 g/mol. The lowest BCUT2D eigenvalue weighted by atomic mass is 10.1. The number of nitrogens with two attached hydrogens (primary N) is 1. The summed E-state index contributed by atoms with van der Waals surface area (Å²) in [6.07, 6.45) is -10.0. The van der Waals surface area contributed by atoms with Gasteiger partial charge in [0.15, 0.2) is 0 Å². The molecule has 0 aromatic heterocycles. The van der Waals surface area contributed by atoms with Gasteiger partial charge in [-0.2, -0.15) is 26.3 Å². The minimum atomic E-state index is -5.02. The Labute approximate surface area is 142 Å². The molecule has 2 aromatic rings. The van der Waals surface area contributed by atoms with Crippen LogP contribution in [0.5, 0.6) is 0 Å². The molecule has 0 aliphatic heterocycles. The SMILES string of the molecule is NC(=O)c1ccc(C(=O)Nc2cc(C(F)(F)F)cc(C(F)(F)F)c2)cc1. The van der Waals surface area contributed by atoms with Crippen molar-refractivity contribution in [3.8, 4) is 0 Å². The van der Waals surface area contributed by atoms with E-state index in [0.29, 0.717) is 12.1 Å². The van der Waals surface area contributed by atoms with E-state index < -0.39 is 41.0 Å². The van der Waals surface area contributed by atoms with Gasteiger partial charge < -0.3 is 11.1 Å². The average Bonchev–Trinajstić information content (AvgIpc) is 2.53. The van der Waals surface area contributed by atoms with Crippen molar-refractivity contribution < 1.29 is 35.9 Å². The third-order valence-electron chi connectivity index (χ3n) is 3.28. The molecule has 0 bridgehead atoms. The van der Waals surface area contributed by atoms with E-state index in [-0.39, 0.29) is 17.2 Å². The van der Waals surface area contributed by atoms with Crippen LogP contribution < -0.4 is 11.1 Å². The van der Waals surface area contributed by atoms with Crippen LogP contribution in [0.3, 0.4) is 0 Å². The molecule has 10 heteroatoms. The van der Waals surface area contributed by atoms with Crippen molar-refractivity contribution in [3.63, 3.8) is 0 Å². The largest absolute Gasteiger partial charge is 0.416 e. The number of hydrogen-bond acceptors (Lipinski definition) is 2. The normalized spacial score (nSPS) is 11.9. The summed E-state index contributed by atoms with van der Waals surface area (Å²) in [5.74, 6) is -1.71. The highest BCUT2D eigenvalue weighted by molar-refractivity contribution is 6.05. The lowest BCUT2D eigenvalue weighted by Gasteiger charge is -2.14.